The lowest BCUT2D eigenvalue weighted by Crippen LogP contribution is -2.54. The van der Waals surface area contributed by atoms with Crippen LogP contribution in [0.2, 0.25) is 0 Å². The smallest absolute Gasteiger partial charge is 0.241 e. The van der Waals surface area contributed by atoms with Crippen molar-refractivity contribution in [2.24, 2.45) is 11.7 Å². The predicted molar refractivity (Wildman–Crippen MR) is 120 cm³/mol. The van der Waals surface area contributed by atoms with E-state index < -0.39 is 6.04 Å². The Morgan fingerprint density at radius 3 is 2.32 bits per heavy atom. The quantitative estimate of drug-likeness (QED) is 0.452. The zero-order valence-corrected chi connectivity index (χ0v) is 19.1. The second-order valence-electron chi connectivity index (χ2n) is 9.56. The lowest BCUT2D eigenvalue weighted by Gasteiger charge is -2.36. The summed E-state index contributed by atoms with van der Waals surface area (Å²) in [7, 11) is 0. The van der Waals surface area contributed by atoms with Crippen LogP contribution in [0.1, 0.15) is 50.4 Å². The van der Waals surface area contributed by atoms with E-state index in [9.17, 15) is 9.59 Å². The van der Waals surface area contributed by atoms with Gasteiger partial charge < -0.3 is 20.1 Å². The highest BCUT2D eigenvalue weighted by atomic mass is 16.5. The number of hydrogen-bond donors (Lipinski definition) is 1. The fourth-order valence-electron chi connectivity index (χ4n) is 3.61. The zero-order chi connectivity index (χ0) is 22.4. The van der Waals surface area contributed by atoms with Gasteiger partial charge in [-0.2, -0.15) is 0 Å². The second-order valence-corrected chi connectivity index (χ2v) is 9.56. The van der Waals surface area contributed by atoms with E-state index in [4.69, 9.17) is 15.2 Å². The maximum Gasteiger partial charge on any atom is 0.241 e. The van der Waals surface area contributed by atoms with Crippen LogP contribution < -0.4 is 10.5 Å². The van der Waals surface area contributed by atoms with Crippen LogP contribution in [0.15, 0.2) is 24.3 Å². The molecule has 31 heavy (non-hydrogen) atoms. The molecule has 0 spiro atoms. The van der Waals surface area contributed by atoms with Crippen molar-refractivity contribution in [1.29, 1.82) is 0 Å². The molecule has 172 valence electrons. The molecule has 1 heterocycles. The first-order chi connectivity index (χ1) is 14.7. The van der Waals surface area contributed by atoms with Crippen LogP contribution in [0.4, 0.5) is 0 Å². The van der Waals surface area contributed by atoms with Gasteiger partial charge in [0.1, 0.15) is 11.8 Å². The van der Waals surface area contributed by atoms with Crippen molar-refractivity contribution < 1.29 is 19.1 Å². The summed E-state index contributed by atoms with van der Waals surface area (Å²) < 4.78 is 11.5. The molecule has 2 fully saturated rings. The van der Waals surface area contributed by atoms with Gasteiger partial charge in [0.05, 0.1) is 18.8 Å². The van der Waals surface area contributed by atoms with Crippen molar-refractivity contribution in [3.8, 4) is 5.75 Å². The first-order valence-corrected chi connectivity index (χ1v) is 11.4. The fraction of sp³-hybridized carbons (Fsp3) is 0.667. The molecule has 3 rings (SSSR count). The number of rotatable bonds is 10. The second kappa shape index (κ2) is 10.6. The number of nitrogens with zero attached hydrogens (tertiary/aromatic N) is 2. The van der Waals surface area contributed by atoms with Gasteiger partial charge in [-0.25, -0.2) is 0 Å². The number of ketones is 1. The number of Topliss-reactive ketones (excluding diaryl/α,β-unsaturated/α-hetero) is 1. The predicted octanol–water partition coefficient (Wildman–Crippen LogP) is 2.33. The number of nitrogens with two attached hydrogens (primary N) is 1. The minimum Gasteiger partial charge on any atom is -0.494 e. The van der Waals surface area contributed by atoms with E-state index in [1.165, 1.54) is 0 Å². The molecule has 1 aliphatic heterocycles. The van der Waals surface area contributed by atoms with E-state index >= 15 is 0 Å². The molecule has 0 unspecified atom stereocenters. The van der Waals surface area contributed by atoms with Crippen molar-refractivity contribution in [1.82, 2.24) is 9.80 Å². The average molecular weight is 432 g/mol. The Morgan fingerprint density at radius 1 is 1.10 bits per heavy atom. The summed E-state index contributed by atoms with van der Waals surface area (Å²) >= 11 is 0. The van der Waals surface area contributed by atoms with Gasteiger partial charge in [0, 0.05) is 44.2 Å². The van der Waals surface area contributed by atoms with Crippen molar-refractivity contribution in [2.45, 2.75) is 51.7 Å². The molecular weight excluding hydrogens is 394 g/mol. The Kier molecular flexibility index (Phi) is 8.08. The van der Waals surface area contributed by atoms with Crippen LogP contribution in [-0.2, 0) is 9.53 Å². The molecule has 7 nitrogen and oxygen atoms in total. The third-order valence-electron chi connectivity index (χ3n) is 5.67. The summed E-state index contributed by atoms with van der Waals surface area (Å²) in [4.78, 5) is 28.7. The van der Waals surface area contributed by atoms with Gasteiger partial charge in [-0.3, -0.25) is 14.5 Å². The zero-order valence-electron chi connectivity index (χ0n) is 19.1. The number of carbonyl (C=O) groups excluding carboxylic acids is 2. The largest absolute Gasteiger partial charge is 0.494 e. The molecule has 1 aliphatic carbocycles. The SMILES string of the molecule is CC(C)(C)OC[C@@H](N)C(=O)N1CCN(CCCOc2ccc(C(=O)C3CC3)cc2)CC1. The van der Waals surface area contributed by atoms with Crippen molar-refractivity contribution in [3.05, 3.63) is 29.8 Å². The normalized spacial score (nSPS) is 18.6. The standard InChI is InChI=1S/C24H37N3O4/c1-24(2,3)31-17-21(25)23(29)27-14-12-26(13-15-27)11-4-16-30-20-9-7-19(8-10-20)22(28)18-5-6-18/h7-10,18,21H,4-6,11-17,25H2,1-3H3/t21-/m1/s1. The first-order valence-electron chi connectivity index (χ1n) is 11.4. The Balaban J connectivity index is 1.29. The van der Waals surface area contributed by atoms with Crippen molar-refractivity contribution in [3.63, 3.8) is 0 Å². The van der Waals surface area contributed by atoms with Crippen LogP contribution in [0.3, 0.4) is 0 Å². The Hall–Kier alpha value is -1.96. The van der Waals surface area contributed by atoms with Crippen LogP contribution >= 0.6 is 0 Å². The average Bonchev–Trinajstić information content (AvgIpc) is 3.60. The Labute approximate surface area is 185 Å². The molecule has 1 saturated heterocycles. The van der Waals surface area contributed by atoms with E-state index in [0.29, 0.717) is 19.7 Å². The van der Waals surface area contributed by atoms with E-state index in [-0.39, 0.29) is 29.8 Å². The molecule has 0 aromatic heterocycles. The highest BCUT2D eigenvalue weighted by Gasteiger charge is 2.30. The van der Waals surface area contributed by atoms with Gasteiger partial charge in [0.15, 0.2) is 5.78 Å². The maximum absolute atomic E-state index is 12.5. The summed E-state index contributed by atoms with van der Waals surface area (Å²) in [5, 5.41) is 0. The number of hydrogen-bond acceptors (Lipinski definition) is 6. The topological polar surface area (TPSA) is 85.1 Å². The summed E-state index contributed by atoms with van der Waals surface area (Å²) in [6.07, 6.45) is 2.96. The van der Waals surface area contributed by atoms with E-state index in [0.717, 1.165) is 50.2 Å². The molecule has 1 saturated carbocycles. The molecule has 2 N–H and O–H groups in total. The van der Waals surface area contributed by atoms with Crippen LogP contribution in [-0.4, -0.2) is 79.1 Å². The van der Waals surface area contributed by atoms with E-state index in [2.05, 4.69) is 4.90 Å². The van der Waals surface area contributed by atoms with Crippen molar-refractivity contribution >= 4 is 11.7 Å². The first kappa shape index (κ1) is 23.7. The number of carbonyl (C=O) groups is 2. The Morgan fingerprint density at radius 2 is 1.74 bits per heavy atom. The van der Waals surface area contributed by atoms with Crippen LogP contribution in [0.5, 0.6) is 5.75 Å². The molecule has 0 bridgehead atoms. The highest BCUT2D eigenvalue weighted by molar-refractivity contribution is 5.99. The minimum atomic E-state index is -0.606. The van der Waals surface area contributed by atoms with Gasteiger partial charge >= 0.3 is 0 Å². The van der Waals surface area contributed by atoms with Gasteiger partial charge in [0.2, 0.25) is 5.91 Å². The third-order valence-corrected chi connectivity index (χ3v) is 5.67. The summed E-state index contributed by atoms with van der Waals surface area (Å²) in [6, 6.07) is 6.89. The van der Waals surface area contributed by atoms with Crippen LogP contribution in [0.25, 0.3) is 0 Å². The maximum atomic E-state index is 12.5. The molecule has 1 amide bonds. The van der Waals surface area contributed by atoms with Gasteiger partial charge in [-0.15, -0.1) is 0 Å². The van der Waals surface area contributed by atoms with E-state index in [1.807, 2.05) is 49.9 Å². The van der Waals surface area contributed by atoms with Gasteiger partial charge in [0.25, 0.3) is 0 Å². The highest BCUT2D eigenvalue weighted by Crippen LogP contribution is 2.32. The molecule has 7 heteroatoms. The molecule has 1 atom stereocenters. The number of benzene rings is 1. The fourth-order valence-corrected chi connectivity index (χ4v) is 3.61. The summed E-state index contributed by atoms with van der Waals surface area (Å²) in [5.74, 6) is 1.27. The molecule has 0 radical (unpaired) electrons. The minimum absolute atomic E-state index is 0.0316. The summed E-state index contributed by atoms with van der Waals surface area (Å²) in [5.41, 5.74) is 6.51. The molecular formula is C24H37N3O4. The number of amides is 1. The Bertz CT molecular complexity index is 732. The van der Waals surface area contributed by atoms with Crippen LogP contribution in [0, 0.1) is 5.92 Å². The van der Waals surface area contributed by atoms with Gasteiger partial charge in [-0.05, 0) is 64.3 Å². The lowest BCUT2D eigenvalue weighted by atomic mass is 10.1. The van der Waals surface area contributed by atoms with E-state index in [1.54, 1.807) is 0 Å². The summed E-state index contributed by atoms with van der Waals surface area (Å²) in [6.45, 7) is 10.7. The third kappa shape index (κ3) is 7.59. The molecule has 1 aromatic carbocycles. The molecule has 1 aromatic rings. The number of ether oxygens (including phenoxy) is 2. The number of piperazine rings is 1. The van der Waals surface area contributed by atoms with Gasteiger partial charge in [-0.1, -0.05) is 0 Å². The molecule has 2 aliphatic rings. The monoisotopic (exact) mass is 431 g/mol. The lowest BCUT2D eigenvalue weighted by molar-refractivity contribution is -0.137. The van der Waals surface area contributed by atoms with Crippen molar-refractivity contribution in [2.75, 3.05) is 45.9 Å².